The molecular weight excluding hydrogens is 276 g/mol. The molecule has 1 aliphatic heterocycles. The third-order valence-corrected chi connectivity index (χ3v) is 4.83. The van der Waals surface area contributed by atoms with Gasteiger partial charge in [-0.05, 0) is 39.0 Å². The summed E-state index contributed by atoms with van der Waals surface area (Å²) in [5, 5.41) is 7.16. The fourth-order valence-electron chi connectivity index (χ4n) is 3.28. The van der Waals surface area contributed by atoms with Crippen LogP contribution in [-0.2, 0) is 9.47 Å². The Morgan fingerprint density at radius 3 is 2.59 bits per heavy atom. The summed E-state index contributed by atoms with van der Waals surface area (Å²) < 4.78 is 11.6. The molecule has 0 bridgehead atoms. The lowest BCUT2D eigenvalue weighted by molar-refractivity contribution is -0.0733. The largest absolute Gasteiger partial charge is 0.376 e. The number of allylic oxidation sites excluding steroid dienone is 1. The predicted molar refractivity (Wildman–Crippen MR) is 93.4 cm³/mol. The zero-order chi connectivity index (χ0) is 16.4. The molecule has 1 atom stereocenters. The van der Waals surface area contributed by atoms with Crippen molar-refractivity contribution in [1.29, 1.82) is 0 Å². The van der Waals surface area contributed by atoms with Crippen LogP contribution in [0.2, 0.25) is 0 Å². The Morgan fingerprint density at radius 2 is 2.05 bits per heavy atom. The maximum Gasteiger partial charge on any atom is 0.0892 e. The molecule has 0 radical (unpaired) electrons. The molecule has 1 fully saturated rings. The molecule has 0 aliphatic carbocycles. The first-order chi connectivity index (χ1) is 10.7. The fourth-order valence-corrected chi connectivity index (χ4v) is 3.28. The quantitative estimate of drug-likeness (QED) is 0.347. The highest BCUT2D eigenvalue weighted by Crippen LogP contribution is 2.34. The summed E-state index contributed by atoms with van der Waals surface area (Å²) in [6, 6.07) is 0.379. The standard InChI is InChI=1S/C18H34N2O2/c1-6-10-14-22-15-16(7-2)19-20-13-11-12-17(20)18(8-3,9-4)21-5/h6,10,17H,7-9,11-15H2,1-5H3/b10-6+,19-16+/t17-/m0/s1. The lowest BCUT2D eigenvalue weighted by Crippen LogP contribution is -2.49. The van der Waals surface area contributed by atoms with Gasteiger partial charge in [0.25, 0.3) is 0 Å². The minimum atomic E-state index is -0.0787. The molecule has 0 aromatic heterocycles. The van der Waals surface area contributed by atoms with Crippen molar-refractivity contribution in [3.63, 3.8) is 0 Å². The third kappa shape index (κ3) is 4.82. The van der Waals surface area contributed by atoms with Crippen LogP contribution in [0, 0.1) is 0 Å². The van der Waals surface area contributed by atoms with Crippen LogP contribution in [-0.4, -0.2) is 49.2 Å². The third-order valence-electron chi connectivity index (χ3n) is 4.83. The second-order valence-corrected chi connectivity index (χ2v) is 5.90. The summed E-state index contributed by atoms with van der Waals surface area (Å²) in [6.45, 7) is 10.9. The number of nitrogens with zero attached hydrogens (tertiary/aromatic N) is 2. The van der Waals surface area contributed by atoms with Gasteiger partial charge in [0, 0.05) is 13.7 Å². The van der Waals surface area contributed by atoms with Crippen LogP contribution < -0.4 is 0 Å². The molecule has 128 valence electrons. The van der Waals surface area contributed by atoms with Crippen molar-refractivity contribution >= 4 is 5.71 Å². The van der Waals surface area contributed by atoms with Gasteiger partial charge in [0.1, 0.15) is 0 Å². The predicted octanol–water partition coefficient (Wildman–Crippen LogP) is 4.01. The summed E-state index contributed by atoms with van der Waals surface area (Å²) in [5.41, 5.74) is 1.04. The van der Waals surface area contributed by atoms with Crippen molar-refractivity contribution in [2.75, 3.05) is 26.9 Å². The van der Waals surface area contributed by atoms with Gasteiger partial charge in [0.2, 0.25) is 0 Å². The molecule has 1 saturated heterocycles. The van der Waals surface area contributed by atoms with Gasteiger partial charge in [-0.25, -0.2) is 0 Å². The van der Waals surface area contributed by atoms with E-state index >= 15 is 0 Å². The normalized spacial score (nSPS) is 20.3. The summed E-state index contributed by atoms with van der Waals surface area (Å²) in [5.74, 6) is 0. The van der Waals surface area contributed by atoms with E-state index in [9.17, 15) is 0 Å². The summed E-state index contributed by atoms with van der Waals surface area (Å²) in [7, 11) is 1.84. The second-order valence-electron chi connectivity index (χ2n) is 5.90. The number of hydrogen-bond donors (Lipinski definition) is 0. The number of methoxy groups -OCH3 is 1. The van der Waals surface area contributed by atoms with Crippen molar-refractivity contribution in [1.82, 2.24) is 5.01 Å². The van der Waals surface area contributed by atoms with Gasteiger partial charge in [0.05, 0.1) is 30.6 Å². The molecule has 1 rings (SSSR count). The van der Waals surface area contributed by atoms with E-state index in [4.69, 9.17) is 14.6 Å². The van der Waals surface area contributed by atoms with Crippen LogP contribution in [0.3, 0.4) is 0 Å². The minimum absolute atomic E-state index is 0.0787. The van der Waals surface area contributed by atoms with Crippen LogP contribution in [0.15, 0.2) is 17.3 Å². The van der Waals surface area contributed by atoms with Gasteiger partial charge >= 0.3 is 0 Å². The Balaban J connectivity index is 2.76. The molecule has 0 saturated carbocycles. The highest BCUT2D eigenvalue weighted by molar-refractivity contribution is 5.85. The Morgan fingerprint density at radius 1 is 1.32 bits per heavy atom. The van der Waals surface area contributed by atoms with Crippen LogP contribution in [0.5, 0.6) is 0 Å². The summed E-state index contributed by atoms with van der Waals surface area (Å²) in [4.78, 5) is 0. The molecule has 4 nitrogen and oxygen atoms in total. The molecule has 0 N–H and O–H groups in total. The lowest BCUT2D eigenvalue weighted by Gasteiger charge is -2.40. The van der Waals surface area contributed by atoms with Gasteiger partial charge in [-0.15, -0.1) is 0 Å². The number of rotatable bonds is 10. The van der Waals surface area contributed by atoms with E-state index in [1.165, 1.54) is 6.42 Å². The maximum atomic E-state index is 5.93. The van der Waals surface area contributed by atoms with Crippen LogP contribution in [0.4, 0.5) is 0 Å². The van der Waals surface area contributed by atoms with E-state index in [-0.39, 0.29) is 5.60 Å². The molecule has 0 aromatic rings. The van der Waals surface area contributed by atoms with Crippen LogP contribution in [0.1, 0.15) is 59.8 Å². The molecule has 1 heterocycles. The van der Waals surface area contributed by atoms with Crippen molar-refractivity contribution in [3.05, 3.63) is 12.2 Å². The first-order valence-electron chi connectivity index (χ1n) is 8.74. The molecule has 0 aromatic carbocycles. The molecule has 0 unspecified atom stereocenters. The Hall–Kier alpha value is -0.870. The number of ether oxygens (including phenoxy) is 2. The van der Waals surface area contributed by atoms with Gasteiger partial charge in [-0.3, -0.25) is 5.01 Å². The molecule has 1 aliphatic rings. The van der Waals surface area contributed by atoms with Gasteiger partial charge in [-0.2, -0.15) is 5.10 Å². The van der Waals surface area contributed by atoms with Gasteiger partial charge < -0.3 is 9.47 Å². The van der Waals surface area contributed by atoms with Crippen molar-refractivity contribution in [2.24, 2.45) is 5.10 Å². The zero-order valence-electron chi connectivity index (χ0n) is 15.1. The van der Waals surface area contributed by atoms with E-state index in [2.05, 4.69) is 25.8 Å². The number of hydrazone groups is 1. The minimum Gasteiger partial charge on any atom is -0.376 e. The molecule has 0 spiro atoms. The average molecular weight is 310 g/mol. The Labute approximate surface area is 136 Å². The summed E-state index contributed by atoms with van der Waals surface area (Å²) >= 11 is 0. The Bertz CT molecular complexity index is 354. The van der Waals surface area contributed by atoms with Crippen molar-refractivity contribution in [2.45, 2.75) is 71.4 Å². The maximum absolute atomic E-state index is 5.93. The van der Waals surface area contributed by atoms with E-state index < -0.39 is 0 Å². The summed E-state index contributed by atoms with van der Waals surface area (Å²) in [6.07, 6.45) is 9.36. The lowest BCUT2D eigenvalue weighted by atomic mass is 9.87. The highest BCUT2D eigenvalue weighted by atomic mass is 16.5. The van der Waals surface area contributed by atoms with E-state index in [0.717, 1.165) is 37.9 Å². The monoisotopic (exact) mass is 310 g/mol. The topological polar surface area (TPSA) is 34.1 Å². The van der Waals surface area contributed by atoms with Gasteiger partial charge in [0.15, 0.2) is 0 Å². The van der Waals surface area contributed by atoms with E-state index in [0.29, 0.717) is 19.3 Å². The smallest absolute Gasteiger partial charge is 0.0892 e. The molecule has 0 amide bonds. The molecular formula is C18H34N2O2. The number of hydrogen-bond acceptors (Lipinski definition) is 4. The Kier molecular flexibility index (Phi) is 8.72. The highest BCUT2D eigenvalue weighted by Gasteiger charge is 2.42. The van der Waals surface area contributed by atoms with Crippen LogP contribution in [0.25, 0.3) is 0 Å². The molecule has 22 heavy (non-hydrogen) atoms. The fraction of sp³-hybridized carbons (Fsp3) is 0.833. The second kappa shape index (κ2) is 10.0. The SMILES string of the molecule is C/C=C/COC/C(CC)=N/N1CCC[C@H]1C(CC)(CC)OC. The average Bonchev–Trinajstić information content (AvgIpc) is 3.01. The van der Waals surface area contributed by atoms with Crippen molar-refractivity contribution in [3.8, 4) is 0 Å². The van der Waals surface area contributed by atoms with Gasteiger partial charge in [-0.1, -0.05) is 32.9 Å². The van der Waals surface area contributed by atoms with E-state index in [1.807, 2.05) is 26.2 Å². The first-order valence-corrected chi connectivity index (χ1v) is 8.74. The van der Waals surface area contributed by atoms with Crippen molar-refractivity contribution < 1.29 is 9.47 Å². The van der Waals surface area contributed by atoms with E-state index in [1.54, 1.807) is 0 Å². The zero-order valence-corrected chi connectivity index (χ0v) is 15.1. The molecule has 4 heteroatoms. The van der Waals surface area contributed by atoms with Crippen LogP contribution >= 0.6 is 0 Å². The first kappa shape index (κ1) is 19.2.